The molecule has 60 valence electrons. The summed E-state index contributed by atoms with van der Waals surface area (Å²) < 4.78 is 5.11. The van der Waals surface area contributed by atoms with Gasteiger partial charge < -0.3 is 8.85 Å². The van der Waals surface area contributed by atoms with Crippen molar-refractivity contribution in [2.45, 2.75) is 0 Å². The Hall–Kier alpha value is -0.720. The van der Waals surface area contributed by atoms with Crippen LogP contribution in [0.2, 0.25) is 0 Å². The van der Waals surface area contributed by atoms with Crippen molar-refractivity contribution in [2.24, 2.45) is 4.99 Å². The second-order valence-electron chi connectivity index (χ2n) is 1.86. The Morgan fingerprint density at radius 1 is 1.91 bits per heavy atom. The third kappa shape index (κ3) is 1.65. The molecule has 0 saturated heterocycles. The first-order valence-electron chi connectivity index (χ1n) is 2.99. The molecule has 0 unspecified atom stereocenters. The van der Waals surface area contributed by atoms with E-state index in [0.29, 0.717) is 5.84 Å². The van der Waals surface area contributed by atoms with E-state index in [0.717, 1.165) is 11.4 Å². The summed E-state index contributed by atoms with van der Waals surface area (Å²) in [5.74, 6) is 1.13. The van der Waals surface area contributed by atoms with Gasteiger partial charge in [-0.25, -0.2) is 4.99 Å². The Labute approximate surface area is 75.4 Å². The molecule has 1 aliphatic heterocycles. The van der Waals surface area contributed by atoms with Crippen molar-refractivity contribution in [3.05, 3.63) is 11.4 Å². The zero-order valence-electron chi connectivity index (χ0n) is 6.11. The number of halogens is 1. The SMILES string of the molecule is C=NC1=C(C(=N)NC)C=IN1. The van der Waals surface area contributed by atoms with E-state index in [-0.39, 0.29) is 21.0 Å². The highest BCUT2D eigenvalue weighted by Crippen LogP contribution is 2.13. The second kappa shape index (κ2) is 3.61. The van der Waals surface area contributed by atoms with Crippen LogP contribution >= 0.6 is 21.0 Å². The van der Waals surface area contributed by atoms with E-state index in [1.54, 1.807) is 7.05 Å². The molecule has 0 bridgehead atoms. The largest absolute Gasteiger partial charge is 0.373 e. The molecule has 0 fully saturated rings. The van der Waals surface area contributed by atoms with Crippen molar-refractivity contribution < 1.29 is 0 Å². The quantitative estimate of drug-likeness (QED) is 0.292. The minimum Gasteiger partial charge on any atom is -0.373 e. The van der Waals surface area contributed by atoms with E-state index < -0.39 is 0 Å². The highest BCUT2D eigenvalue weighted by Gasteiger charge is 2.10. The molecule has 0 spiro atoms. The molecule has 4 nitrogen and oxygen atoms in total. The number of aliphatic imine (C=N–C) groups is 1. The zero-order chi connectivity index (χ0) is 8.27. The molecular formula is C6H9IN4. The van der Waals surface area contributed by atoms with Crippen molar-refractivity contribution in [1.29, 1.82) is 5.41 Å². The van der Waals surface area contributed by atoms with Crippen LogP contribution in [0.1, 0.15) is 0 Å². The molecule has 0 atom stereocenters. The summed E-state index contributed by atoms with van der Waals surface area (Å²) >= 11 is -0.148. The summed E-state index contributed by atoms with van der Waals surface area (Å²) in [7, 11) is 1.72. The van der Waals surface area contributed by atoms with E-state index in [9.17, 15) is 0 Å². The van der Waals surface area contributed by atoms with Crippen LogP contribution in [-0.4, -0.2) is 23.6 Å². The van der Waals surface area contributed by atoms with Gasteiger partial charge in [0.25, 0.3) is 0 Å². The monoisotopic (exact) mass is 264 g/mol. The van der Waals surface area contributed by atoms with E-state index in [4.69, 9.17) is 5.41 Å². The van der Waals surface area contributed by atoms with Gasteiger partial charge in [0, 0.05) is 11.1 Å². The molecule has 0 amide bonds. The number of likely N-dealkylation sites (N-methyl/N-ethyl adjacent to an activating group) is 1. The molecule has 0 aromatic heterocycles. The first-order valence-corrected chi connectivity index (χ1v) is 5.31. The normalized spacial score (nSPS) is 15.4. The van der Waals surface area contributed by atoms with E-state index in [1.165, 1.54) is 0 Å². The fourth-order valence-corrected chi connectivity index (χ4v) is 2.49. The van der Waals surface area contributed by atoms with Crippen molar-refractivity contribution in [2.75, 3.05) is 7.05 Å². The maximum Gasteiger partial charge on any atom is 0.145 e. The van der Waals surface area contributed by atoms with Crippen LogP contribution in [0.4, 0.5) is 0 Å². The molecule has 0 saturated carbocycles. The average Bonchev–Trinajstić information content (AvgIpc) is 2.50. The first-order chi connectivity index (χ1) is 5.29. The molecule has 1 heterocycles. The fraction of sp³-hybridized carbons (Fsp3) is 0.167. The maximum atomic E-state index is 7.46. The van der Waals surface area contributed by atoms with Crippen molar-refractivity contribution >= 4 is 37.6 Å². The summed E-state index contributed by atoms with van der Waals surface area (Å²) in [6, 6.07) is 0. The molecule has 0 aromatic carbocycles. The summed E-state index contributed by atoms with van der Waals surface area (Å²) in [6.07, 6.45) is 0. The topological polar surface area (TPSA) is 60.3 Å². The molecule has 0 aromatic rings. The van der Waals surface area contributed by atoms with Gasteiger partial charge in [-0.3, -0.25) is 5.41 Å². The average molecular weight is 264 g/mol. The molecule has 1 rings (SSSR count). The molecular weight excluding hydrogens is 255 g/mol. The van der Waals surface area contributed by atoms with Crippen LogP contribution in [-0.2, 0) is 0 Å². The zero-order valence-corrected chi connectivity index (χ0v) is 8.27. The Kier molecular flexibility index (Phi) is 2.75. The van der Waals surface area contributed by atoms with E-state index >= 15 is 0 Å². The van der Waals surface area contributed by atoms with Gasteiger partial charge in [0.05, 0.1) is 5.57 Å². The Bertz CT molecular complexity index is 253. The molecule has 0 aliphatic carbocycles. The van der Waals surface area contributed by atoms with Crippen LogP contribution in [0.25, 0.3) is 0 Å². The molecule has 3 N–H and O–H groups in total. The van der Waals surface area contributed by atoms with Gasteiger partial charge in [0.2, 0.25) is 0 Å². The van der Waals surface area contributed by atoms with Crippen molar-refractivity contribution in [3.63, 3.8) is 0 Å². The van der Waals surface area contributed by atoms with Gasteiger partial charge in [0.1, 0.15) is 11.7 Å². The minimum atomic E-state index is -0.148. The lowest BCUT2D eigenvalue weighted by Gasteiger charge is -2.01. The van der Waals surface area contributed by atoms with E-state index in [1.807, 2.05) is 4.01 Å². The Morgan fingerprint density at radius 2 is 2.64 bits per heavy atom. The molecule has 0 radical (unpaired) electrons. The second-order valence-corrected chi connectivity index (χ2v) is 3.64. The predicted molar refractivity (Wildman–Crippen MR) is 56.6 cm³/mol. The van der Waals surface area contributed by atoms with Gasteiger partial charge in [-0.1, -0.05) is 0 Å². The Balaban J connectivity index is 2.90. The first kappa shape index (κ1) is 8.38. The lowest BCUT2D eigenvalue weighted by atomic mass is 10.3. The predicted octanol–water partition coefficient (Wildman–Crippen LogP) is 0.386. The van der Waals surface area contributed by atoms with E-state index in [2.05, 4.69) is 20.6 Å². The highest BCUT2D eigenvalue weighted by molar-refractivity contribution is 14.2. The lowest BCUT2D eigenvalue weighted by molar-refractivity contribution is 1.12. The third-order valence-corrected chi connectivity index (χ3v) is 3.00. The van der Waals surface area contributed by atoms with Crippen molar-refractivity contribution in [3.8, 4) is 0 Å². The molecule has 11 heavy (non-hydrogen) atoms. The van der Waals surface area contributed by atoms with Gasteiger partial charge >= 0.3 is 0 Å². The van der Waals surface area contributed by atoms with Gasteiger partial charge in [0.15, 0.2) is 0 Å². The van der Waals surface area contributed by atoms with Crippen LogP contribution in [0.3, 0.4) is 0 Å². The minimum absolute atomic E-state index is 0.148. The summed E-state index contributed by atoms with van der Waals surface area (Å²) in [6.45, 7) is 3.41. The smallest absolute Gasteiger partial charge is 0.145 e. The van der Waals surface area contributed by atoms with Crippen LogP contribution in [0.5, 0.6) is 0 Å². The lowest BCUT2D eigenvalue weighted by Crippen LogP contribution is -2.20. The number of rotatable bonds is 2. The van der Waals surface area contributed by atoms with Gasteiger partial charge in [-0.15, -0.1) is 0 Å². The van der Waals surface area contributed by atoms with Gasteiger partial charge in [-0.2, -0.15) is 0 Å². The van der Waals surface area contributed by atoms with Crippen LogP contribution < -0.4 is 8.85 Å². The summed E-state index contributed by atoms with van der Waals surface area (Å²) in [4.78, 5) is 3.77. The number of hydrogen-bond donors (Lipinski definition) is 3. The molecule has 5 heteroatoms. The Morgan fingerprint density at radius 3 is 3.18 bits per heavy atom. The standard InChI is InChI=1S/C6H9IN4/c1-9-5(8)4-3-7-11-6(4)10-2/h3,11H,2H2,1H3,(H2,8,9). The van der Waals surface area contributed by atoms with Crippen LogP contribution in [0, 0.1) is 5.41 Å². The number of amidine groups is 1. The molecule has 1 aliphatic rings. The summed E-state index contributed by atoms with van der Waals surface area (Å²) in [5.41, 5.74) is 0.843. The fourth-order valence-electron chi connectivity index (χ4n) is 0.659. The van der Waals surface area contributed by atoms with Gasteiger partial charge in [-0.05, 0) is 27.7 Å². The number of nitrogens with zero attached hydrogens (tertiary/aromatic N) is 1. The maximum absolute atomic E-state index is 7.46. The number of hydrogen-bond acceptors (Lipinski definition) is 3. The third-order valence-electron chi connectivity index (χ3n) is 1.24. The van der Waals surface area contributed by atoms with Crippen molar-refractivity contribution in [1.82, 2.24) is 8.85 Å². The summed E-state index contributed by atoms with van der Waals surface area (Å²) in [5, 5.41) is 10.2. The van der Waals surface area contributed by atoms with Crippen LogP contribution in [0.15, 0.2) is 16.4 Å². The number of nitrogens with one attached hydrogen (secondary N) is 3. The highest BCUT2D eigenvalue weighted by atomic mass is 127.